The van der Waals surface area contributed by atoms with E-state index in [-0.39, 0.29) is 5.92 Å². The second-order valence-corrected chi connectivity index (χ2v) is 5.29. The molecule has 1 aromatic rings. The van der Waals surface area contributed by atoms with Crippen LogP contribution >= 0.6 is 0 Å². The zero-order valence-corrected chi connectivity index (χ0v) is 10.9. The van der Waals surface area contributed by atoms with Crippen LogP contribution in [-0.2, 0) is 11.2 Å². The van der Waals surface area contributed by atoms with E-state index in [1.165, 1.54) is 5.56 Å². The third-order valence-electron chi connectivity index (χ3n) is 4.08. The quantitative estimate of drug-likeness (QED) is 0.841. The highest BCUT2D eigenvalue weighted by atomic mass is 16.4. The lowest BCUT2D eigenvalue weighted by Gasteiger charge is -2.33. The van der Waals surface area contributed by atoms with Gasteiger partial charge in [-0.3, -0.25) is 4.79 Å². The summed E-state index contributed by atoms with van der Waals surface area (Å²) in [5.41, 5.74) is 1.33. The smallest absolute Gasteiger partial charge is 0.306 e. The van der Waals surface area contributed by atoms with Gasteiger partial charge in [-0.1, -0.05) is 0 Å². The average Bonchev–Trinajstić information content (AvgIpc) is 2.89. The number of rotatable bonds is 5. The largest absolute Gasteiger partial charge is 0.481 e. The molecular formula is C14H22N2O2. The Hall–Kier alpha value is -1.29. The van der Waals surface area contributed by atoms with Crippen LogP contribution in [0.5, 0.6) is 0 Å². The fourth-order valence-corrected chi connectivity index (χ4v) is 2.77. The molecule has 1 aromatic heterocycles. The number of hydrogen-bond donors (Lipinski definition) is 2. The summed E-state index contributed by atoms with van der Waals surface area (Å²) in [4.78, 5) is 16.3. The van der Waals surface area contributed by atoms with E-state index in [9.17, 15) is 4.79 Å². The maximum Gasteiger partial charge on any atom is 0.306 e. The zero-order chi connectivity index (χ0) is 13.0. The molecule has 0 atom stereocenters. The molecule has 2 rings (SSSR count). The summed E-state index contributed by atoms with van der Waals surface area (Å²) in [6, 6.07) is 2.66. The van der Waals surface area contributed by atoms with Gasteiger partial charge in [-0.25, -0.2) is 0 Å². The minimum atomic E-state index is -0.622. The minimum absolute atomic E-state index is 0.112. The topological polar surface area (TPSA) is 56.3 Å². The second-order valence-electron chi connectivity index (χ2n) is 5.29. The third kappa shape index (κ3) is 3.35. The molecule has 1 saturated carbocycles. The van der Waals surface area contributed by atoms with E-state index in [0.717, 1.165) is 38.6 Å². The first-order valence-corrected chi connectivity index (χ1v) is 6.71. The lowest BCUT2D eigenvalue weighted by molar-refractivity contribution is -0.143. The molecule has 2 N–H and O–H groups in total. The van der Waals surface area contributed by atoms with Crippen molar-refractivity contribution in [2.45, 2.75) is 38.1 Å². The van der Waals surface area contributed by atoms with Crippen molar-refractivity contribution in [1.29, 1.82) is 0 Å². The van der Waals surface area contributed by atoms with Crippen molar-refractivity contribution < 1.29 is 9.90 Å². The number of aromatic amines is 1. The van der Waals surface area contributed by atoms with Crippen LogP contribution in [0.4, 0.5) is 0 Å². The Morgan fingerprint density at radius 2 is 2.17 bits per heavy atom. The van der Waals surface area contributed by atoms with Crippen LogP contribution in [0.25, 0.3) is 0 Å². The molecule has 1 fully saturated rings. The normalized spacial score (nSPS) is 24.3. The zero-order valence-electron chi connectivity index (χ0n) is 10.9. The van der Waals surface area contributed by atoms with Crippen molar-refractivity contribution in [2.75, 3.05) is 13.6 Å². The van der Waals surface area contributed by atoms with Crippen LogP contribution in [0.3, 0.4) is 0 Å². The number of hydrogen-bond acceptors (Lipinski definition) is 2. The molecule has 0 aromatic carbocycles. The molecule has 4 nitrogen and oxygen atoms in total. The number of aliphatic carboxylic acids is 1. The van der Waals surface area contributed by atoms with E-state index in [2.05, 4.69) is 23.0 Å². The summed E-state index contributed by atoms with van der Waals surface area (Å²) in [5.74, 6) is -0.734. The van der Waals surface area contributed by atoms with Gasteiger partial charge < -0.3 is 15.0 Å². The summed E-state index contributed by atoms with van der Waals surface area (Å²) in [6.07, 6.45) is 8.73. The second kappa shape index (κ2) is 6.05. The number of likely N-dealkylation sites (N-methyl/N-ethyl adjacent to an activating group) is 1. The van der Waals surface area contributed by atoms with E-state index in [4.69, 9.17) is 5.11 Å². The number of carboxylic acids is 1. The highest BCUT2D eigenvalue weighted by Crippen LogP contribution is 2.27. The van der Waals surface area contributed by atoms with E-state index in [1.54, 1.807) is 0 Å². The van der Waals surface area contributed by atoms with Crippen molar-refractivity contribution in [3.63, 3.8) is 0 Å². The molecular weight excluding hydrogens is 228 g/mol. The van der Waals surface area contributed by atoms with Gasteiger partial charge in [0.2, 0.25) is 0 Å². The highest BCUT2D eigenvalue weighted by molar-refractivity contribution is 5.70. The molecule has 0 aliphatic heterocycles. The molecule has 0 radical (unpaired) electrons. The van der Waals surface area contributed by atoms with Crippen molar-refractivity contribution in [3.05, 3.63) is 24.0 Å². The number of nitrogens with one attached hydrogen (secondary N) is 1. The summed E-state index contributed by atoms with van der Waals surface area (Å²) in [7, 11) is 2.15. The van der Waals surface area contributed by atoms with Crippen LogP contribution in [0.1, 0.15) is 31.2 Å². The van der Waals surface area contributed by atoms with E-state index < -0.39 is 5.97 Å². The summed E-state index contributed by atoms with van der Waals surface area (Å²) < 4.78 is 0. The molecule has 0 spiro atoms. The Kier molecular flexibility index (Phi) is 4.42. The Morgan fingerprint density at radius 3 is 2.72 bits per heavy atom. The first-order chi connectivity index (χ1) is 8.66. The van der Waals surface area contributed by atoms with Crippen LogP contribution < -0.4 is 0 Å². The van der Waals surface area contributed by atoms with Gasteiger partial charge in [-0.2, -0.15) is 0 Å². The molecule has 0 unspecified atom stereocenters. The molecule has 4 heteroatoms. The number of aromatic nitrogens is 1. The Labute approximate surface area is 108 Å². The average molecular weight is 250 g/mol. The standard InChI is InChI=1S/C14H22N2O2/c1-16(9-7-11-6-8-15-10-11)13-4-2-12(3-5-13)14(17)18/h6,8,10,12-13,15H,2-5,7,9H2,1H3,(H,17,18). The summed E-state index contributed by atoms with van der Waals surface area (Å²) >= 11 is 0. The summed E-state index contributed by atoms with van der Waals surface area (Å²) in [5, 5.41) is 8.97. The van der Waals surface area contributed by atoms with Crippen molar-refractivity contribution in [1.82, 2.24) is 9.88 Å². The lowest BCUT2D eigenvalue weighted by Crippen LogP contribution is -2.37. The fourth-order valence-electron chi connectivity index (χ4n) is 2.77. The number of H-pyrrole nitrogens is 1. The van der Waals surface area contributed by atoms with E-state index in [1.807, 2.05) is 12.4 Å². The van der Waals surface area contributed by atoms with Crippen molar-refractivity contribution >= 4 is 5.97 Å². The van der Waals surface area contributed by atoms with Crippen LogP contribution in [-0.4, -0.2) is 40.6 Å². The molecule has 1 aliphatic carbocycles. The molecule has 0 amide bonds. The minimum Gasteiger partial charge on any atom is -0.481 e. The van der Waals surface area contributed by atoms with Gasteiger partial charge in [-0.05, 0) is 50.8 Å². The van der Waals surface area contributed by atoms with Gasteiger partial charge in [0.15, 0.2) is 0 Å². The molecule has 0 saturated heterocycles. The monoisotopic (exact) mass is 250 g/mol. The van der Waals surface area contributed by atoms with Crippen molar-refractivity contribution in [2.24, 2.45) is 5.92 Å². The Balaban J connectivity index is 1.73. The van der Waals surface area contributed by atoms with E-state index >= 15 is 0 Å². The number of carboxylic acid groups (broad SMARTS) is 1. The molecule has 100 valence electrons. The van der Waals surface area contributed by atoms with Gasteiger partial charge in [0.1, 0.15) is 0 Å². The van der Waals surface area contributed by atoms with Crippen LogP contribution in [0.2, 0.25) is 0 Å². The molecule has 0 bridgehead atoms. The first kappa shape index (κ1) is 13.1. The predicted octanol–water partition coefficient (Wildman–Crippen LogP) is 2.13. The maximum absolute atomic E-state index is 10.9. The molecule has 1 aliphatic rings. The Bertz CT molecular complexity index is 367. The van der Waals surface area contributed by atoms with Crippen LogP contribution in [0, 0.1) is 5.92 Å². The third-order valence-corrected chi connectivity index (χ3v) is 4.08. The van der Waals surface area contributed by atoms with Gasteiger partial charge >= 0.3 is 5.97 Å². The van der Waals surface area contributed by atoms with Gasteiger partial charge in [0, 0.05) is 25.0 Å². The summed E-state index contributed by atoms with van der Waals surface area (Å²) in [6.45, 7) is 1.04. The predicted molar refractivity (Wildman–Crippen MR) is 70.5 cm³/mol. The number of nitrogens with zero attached hydrogens (tertiary/aromatic N) is 1. The first-order valence-electron chi connectivity index (χ1n) is 6.71. The van der Waals surface area contributed by atoms with E-state index in [0.29, 0.717) is 6.04 Å². The van der Waals surface area contributed by atoms with Crippen LogP contribution in [0.15, 0.2) is 18.5 Å². The fraction of sp³-hybridized carbons (Fsp3) is 0.643. The Morgan fingerprint density at radius 1 is 1.44 bits per heavy atom. The van der Waals surface area contributed by atoms with Crippen molar-refractivity contribution in [3.8, 4) is 0 Å². The maximum atomic E-state index is 10.9. The van der Waals surface area contributed by atoms with Gasteiger partial charge in [0.05, 0.1) is 5.92 Å². The lowest BCUT2D eigenvalue weighted by atomic mass is 9.85. The highest BCUT2D eigenvalue weighted by Gasteiger charge is 2.27. The molecule has 1 heterocycles. The molecule has 18 heavy (non-hydrogen) atoms. The number of carbonyl (C=O) groups is 1. The van der Waals surface area contributed by atoms with Gasteiger partial charge in [-0.15, -0.1) is 0 Å². The van der Waals surface area contributed by atoms with Gasteiger partial charge in [0.25, 0.3) is 0 Å². The SMILES string of the molecule is CN(CCc1cc[nH]c1)C1CCC(C(=O)O)CC1.